The lowest BCUT2D eigenvalue weighted by atomic mass is 10.1. The second-order valence-electron chi connectivity index (χ2n) is 6.08. The third-order valence-corrected chi connectivity index (χ3v) is 3.80. The maximum absolute atomic E-state index is 12.0. The molecule has 0 unspecified atom stereocenters. The van der Waals surface area contributed by atoms with Crippen LogP contribution in [-0.2, 0) is 11.2 Å². The molecule has 1 amide bonds. The predicted octanol–water partition coefficient (Wildman–Crippen LogP) is 3.47. The molecule has 0 saturated carbocycles. The van der Waals surface area contributed by atoms with Crippen LogP contribution in [0, 0.1) is 0 Å². The molecule has 0 bridgehead atoms. The van der Waals surface area contributed by atoms with E-state index in [0.29, 0.717) is 18.1 Å². The number of benzene rings is 2. The summed E-state index contributed by atoms with van der Waals surface area (Å²) < 4.78 is 0. The number of amides is 1. The topological polar surface area (TPSA) is 70.2 Å². The quantitative estimate of drug-likeness (QED) is 0.714. The summed E-state index contributed by atoms with van der Waals surface area (Å²) >= 11 is 0. The molecule has 0 atom stereocenters. The van der Waals surface area contributed by atoms with Crippen molar-refractivity contribution >= 4 is 28.9 Å². The Balaban J connectivity index is 1.57. The number of aromatic nitrogens is 2. The van der Waals surface area contributed by atoms with E-state index in [1.54, 1.807) is 12.1 Å². The summed E-state index contributed by atoms with van der Waals surface area (Å²) in [6, 6.07) is 21.1. The van der Waals surface area contributed by atoms with Gasteiger partial charge < -0.3 is 15.5 Å². The van der Waals surface area contributed by atoms with Crippen LogP contribution in [0.25, 0.3) is 0 Å². The molecule has 6 heteroatoms. The van der Waals surface area contributed by atoms with E-state index in [2.05, 4.69) is 20.8 Å². The Morgan fingerprint density at radius 3 is 2.15 bits per heavy atom. The highest BCUT2D eigenvalue weighted by atomic mass is 16.1. The van der Waals surface area contributed by atoms with E-state index in [-0.39, 0.29) is 5.91 Å². The smallest absolute Gasteiger partial charge is 0.229 e. The minimum absolute atomic E-state index is 0.120. The lowest BCUT2D eigenvalue weighted by molar-refractivity contribution is -0.115. The Morgan fingerprint density at radius 2 is 1.54 bits per heavy atom. The van der Waals surface area contributed by atoms with Gasteiger partial charge in [-0.15, -0.1) is 10.2 Å². The van der Waals surface area contributed by atoms with Gasteiger partial charge in [0, 0.05) is 25.5 Å². The standard InChI is InChI=1S/C20H21N5O/c1-25(2)17-10-8-16(9-11-17)21-18-12-13-19(24-23-18)22-20(26)14-15-6-4-3-5-7-15/h3-13H,14H2,1-2H3,(H,21,23)(H,22,24,26). The second kappa shape index (κ2) is 8.11. The van der Waals surface area contributed by atoms with E-state index >= 15 is 0 Å². The molecule has 1 aromatic heterocycles. The van der Waals surface area contributed by atoms with Gasteiger partial charge in [0.2, 0.25) is 5.91 Å². The van der Waals surface area contributed by atoms with Crippen LogP contribution in [0.4, 0.5) is 23.0 Å². The van der Waals surface area contributed by atoms with E-state index in [1.165, 1.54) is 0 Å². The van der Waals surface area contributed by atoms with Crippen molar-refractivity contribution in [1.29, 1.82) is 0 Å². The van der Waals surface area contributed by atoms with Crippen molar-refractivity contribution in [1.82, 2.24) is 10.2 Å². The summed E-state index contributed by atoms with van der Waals surface area (Å²) in [5, 5.41) is 14.1. The number of nitrogens with zero attached hydrogens (tertiary/aromatic N) is 3. The van der Waals surface area contributed by atoms with Crippen LogP contribution in [0.5, 0.6) is 0 Å². The number of rotatable bonds is 6. The monoisotopic (exact) mass is 347 g/mol. The Bertz CT molecular complexity index is 846. The molecule has 0 spiro atoms. The number of hydrogen-bond acceptors (Lipinski definition) is 5. The summed E-state index contributed by atoms with van der Waals surface area (Å²) in [7, 11) is 4.00. The lowest BCUT2D eigenvalue weighted by Crippen LogP contribution is -2.15. The maximum Gasteiger partial charge on any atom is 0.229 e. The van der Waals surface area contributed by atoms with Crippen LogP contribution in [0.3, 0.4) is 0 Å². The first-order valence-corrected chi connectivity index (χ1v) is 8.32. The van der Waals surface area contributed by atoms with Gasteiger partial charge in [-0.3, -0.25) is 4.79 Å². The summed E-state index contributed by atoms with van der Waals surface area (Å²) in [6.07, 6.45) is 0.306. The molecular formula is C20H21N5O. The number of hydrogen-bond donors (Lipinski definition) is 2. The third kappa shape index (κ3) is 4.80. The van der Waals surface area contributed by atoms with Gasteiger partial charge in [-0.05, 0) is 42.0 Å². The Kier molecular flexibility index (Phi) is 5.43. The van der Waals surface area contributed by atoms with Crippen LogP contribution in [-0.4, -0.2) is 30.2 Å². The SMILES string of the molecule is CN(C)c1ccc(Nc2ccc(NC(=O)Cc3ccccc3)nn2)cc1. The van der Waals surface area contributed by atoms with Gasteiger partial charge in [0.1, 0.15) is 0 Å². The van der Waals surface area contributed by atoms with Crippen molar-refractivity contribution in [3.63, 3.8) is 0 Å². The molecule has 1 heterocycles. The van der Waals surface area contributed by atoms with E-state index in [4.69, 9.17) is 0 Å². The molecule has 2 N–H and O–H groups in total. The zero-order valence-electron chi connectivity index (χ0n) is 14.8. The fourth-order valence-electron chi connectivity index (χ4n) is 2.42. The Hall–Kier alpha value is -3.41. The number of carbonyl (C=O) groups is 1. The number of carbonyl (C=O) groups excluding carboxylic acids is 1. The van der Waals surface area contributed by atoms with Crippen LogP contribution in [0.15, 0.2) is 66.7 Å². The van der Waals surface area contributed by atoms with Gasteiger partial charge in [-0.1, -0.05) is 30.3 Å². The van der Waals surface area contributed by atoms with Gasteiger partial charge >= 0.3 is 0 Å². The summed E-state index contributed by atoms with van der Waals surface area (Å²) in [4.78, 5) is 14.1. The molecule has 3 rings (SSSR count). The first-order chi connectivity index (χ1) is 12.6. The zero-order valence-corrected chi connectivity index (χ0v) is 14.8. The first kappa shape index (κ1) is 17.4. The van der Waals surface area contributed by atoms with Crippen molar-refractivity contribution in [3.8, 4) is 0 Å². The minimum Gasteiger partial charge on any atom is -0.378 e. The van der Waals surface area contributed by atoms with Crippen LogP contribution in [0.2, 0.25) is 0 Å². The van der Waals surface area contributed by atoms with Crippen LogP contribution < -0.4 is 15.5 Å². The average Bonchev–Trinajstić information content (AvgIpc) is 2.64. The largest absolute Gasteiger partial charge is 0.378 e. The predicted molar refractivity (Wildman–Crippen MR) is 105 cm³/mol. The van der Waals surface area contributed by atoms with E-state index < -0.39 is 0 Å². The fraction of sp³-hybridized carbons (Fsp3) is 0.150. The molecule has 0 saturated heterocycles. The molecule has 0 radical (unpaired) electrons. The van der Waals surface area contributed by atoms with Crippen molar-refractivity contribution in [3.05, 3.63) is 72.3 Å². The highest BCUT2D eigenvalue weighted by Gasteiger charge is 2.06. The molecule has 3 aromatic rings. The third-order valence-electron chi connectivity index (χ3n) is 3.80. The fourth-order valence-corrected chi connectivity index (χ4v) is 2.42. The maximum atomic E-state index is 12.0. The lowest BCUT2D eigenvalue weighted by Gasteiger charge is -2.13. The molecule has 0 aliphatic heterocycles. The molecule has 0 aliphatic rings. The van der Waals surface area contributed by atoms with Gasteiger partial charge in [0.05, 0.1) is 6.42 Å². The average molecular weight is 347 g/mol. The van der Waals surface area contributed by atoms with E-state index in [9.17, 15) is 4.79 Å². The summed E-state index contributed by atoms with van der Waals surface area (Å²) in [5.74, 6) is 0.925. The van der Waals surface area contributed by atoms with Crippen molar-refractivity contribution in [2.45, 2.75) is 6.42 Å². The van der Waals surface area contributed by atoms with Crippen LogP contribution in [0.1, 0.15) is 5.56 Å². The molecule has 26 heavy (non-hydrogen) atoms. The highest BCUT2D eigenvalue weighted by Crippen LogP contribution is 2.19. The van der Waals surface area contributed by atoms with E-state index in [0.717, 1.165) is 16.9 Å². The normalized spacial score (nSPS) is 10.2. The minimum atomic E-state index is -0.120. The highest BCUT2D eigenvalue weighted by molar-refractivity contribution is 5.91. The van der Waals surface area contributed by atoms with Crippen molar-refractivity contribution in [2.24, 2.45) is 0 Å². The molecule has 2 aromatic carbocycles. The van der Waals surface area contributed by atoms with Gasteiger partial charge in [-0.2, -0.15) is 0 Å². The molecule has 132 valence electrons. The number of anilines is 4. The van der Waals surface area contributed by atoms with Gasteiger partial charge in [-0.25, -0.2) is 0 Å². The first-order valence-electron chi connectivity index (χ1n) is 8.32. The Labute approximate surface area is 152 Å². The zero-order chi connectivity index (χ0) is 18.4. The molecule has 0 aliphatic carbocycles. The van der Waals surface area contributed by atoms with Gasteiger partial charge in [0.15, 0.2) is 11.6 Å². The second-order valence-corrected chi connectivity index (χ2v) is 6.08. The van der Waals surface area contributed by atoms with Gasteiger partial charge in [0.25, 0.3) is 0 Å². The Morgan fingerprint density at radius 1 is 0.885 bits per heavy atom. The molecule has 0 fully saturated rings. The summed E-state index contributed by atoms with van der Waals surface area (Å²) in [6.45, 7) is 0. The van der Waals surface area contributed by atoms with Crippen molar-refractivity contribution in [2.75, 3.05) is 29.6 Å². The summed E-state index contributed by atoms with van der Waals surface area (Å²) in [5.41, 5.74) is 3.00. The van der Waals surface area contributed by atoms with Crippen LogP contribution >= 0.6 is 0 Å². The number of nitrogens with one attached hydrogen (secondary N) is 2. The molecular weight excluding hydrogens is 326 g/mol. The van der Waals surface area contributed by atoms with E-state index in [1.807, 2.05) is 73.6 Å². The molecule has 6 nitrogen and oxygen atoms in total. The van der Waals surface area contributed by atoms with Crippen molar-refractivity contribution < 1.29 is 4.79 Å².